The van der Waals surface area contributed by atoms with Gasteiger partial charge in [0.15, 0.2) is 5.60 Å². The van der Waals surface area contributed by atoms with Gasteiger partial charge in [-0.3, -0.25) is 4.79 Å². The summed E-state index contributed by atoms with van der Waals surface area (Å²) in [5.74, 6) is -0.153. The Morgan fingerprint density at radius 2 is 1.88 bits per heavy atom. The zero-order valence-corrected chi connectivity index (χ0v) is 23.0. The van der Waals surface area contributed by atoms with Crippen molar-refractivity contribution in [1.82, 2.24) is 9.55 Å². The van der Waals surface area contributed by atoms with E-state index < -0.39 is 11.6 Å². The van der Waals surface area contributed by atoms with Gasteiger partial charge in [0.1, 0.15) is 19.0 Å². The summed E-state index contributed by atoms with van der Waals surface area (Å²) < 4.78 is 13.3. The summed E-state index contributed by atoms with van der Waals surface area (Å²) in [7, 11) is 0. The van der Waals surface area contributed by atoms with Gasteiger partial charge in [0, 0.05) is 22.7 Å². The average Bonchev–Trinajstić information content (AvgIpc) is 3.31. The maximum atomic E-state index is 13.6. The minimum absolute atomic E-state index is 0.0441. The van der Waals surface area contributed by atoms with Gasteiger partial charge in [-0.25, -0.2) is 9.78 Å². The molecule has 0 spiro atoms. The lowest BCUT2D eigenvalue weighted by molar-refractivity contribution is -0.172. The van der Waals surface area contributed by atoms with Crippen LogP contribution >= 0.6 is 0 Å². The van der Waals surface area contributed by atoms with Crippen LogP contribution in [0.4, 0.5) is 0 Å². The molecule has 0 fully saturated rings. The first-order valence-electron chi connectivity index (χ1n) is 13.4. The van der Waals surface area contributed by atoms with Gasteiger partial charge in [-0.2, -0.15) is 0 Å². The Hall–Kier alpha value is -4.30. The molecule has 2 N–H and O–H groups in total. The predicted molar refractivity (Wildman–Crippen MR) is 152 cm³/mol. The van der Waals surface area contributed by atoms with Crippen LogP contribution in [0.25, 0.3) is 22.3 Å². The zero-order valence-electron chi connectivity index (χ0n) is 23.0. The quantitative estimate of drug-likeness (QED) is 0.242. The van der Waals surface area contributed by atoms with Crippen molar-refractivity contribution >= 4 is 23.1 Å². The minimum atomic E-state index is -1.89. The van der Waals surface area contributed by atoms with Crippen LogP contribution in [0.15, 0.2) is 53.3 Å². The van der Waals surface area contributed by atoms with Gasteiger partial charge in [-0.15, -0.1) is 0 Å². The summed E-state index contributed by atoms with van der Waals surface area (Å²) in [6.07, 6.45) is 1.35. The smallest absolute Gasteiger partial charge is 0.343 e. The first-order valence-corrected chi connectivity index (χ1v) is 13.4. The van der Waals surface area contributed by atoms with Crippen LogP contribution < -0.4 is 10.3 Å². The number of carbonyl (C=O) groups is 1. The van der Waals surface area contributed by atoms with E-state index in [-0.39, 0.29) is 41.7 Å². The normalized spacial score (nSPS) is 17.7. The number of hydrogen-bond donors (Lipinski definition) is 2. The molecule has 2 aromatic heterocycles. The molecule has 2 aromatic carbocycles. The number of rotatable bonds is 5. The molecular formula is C32H31N3O5. The second-order valence-corrected chi connectivity index (χ2v) is 11.5. The molecule has 204 valence electrons. The van der Waals surface area contributed by atoms with Crippen LogP contribution in [0, 0.1) is 5.41 Å². The molecule has 1 atom stereocenters. The number of nitrogens with zero attached hydrogens (tertiary/aromatic N) is 2. The van der Waals surface area contributed by atoms with Crippen molar-refractivity contribution in [2.75, 3.05) is 0 Å². The van der Waals surface area contributed by atoms with E-state index in [4.69, 9.17) is 19.9 Å². The third-order valence-electron chi connectivity index (χ3n) is 8.03. The monoisotopic (exact) mass is 537 g/mol. The van der Waals surface area contributed by atoms with Crippen molar-refractivity contribution in [1.29, 1.82) is 5.41 Å². The third-order valence-corrected chi connectivity index (χ3v) is 8.03. The van der Waals surface area contributed by atoms with Crippen molar-refractivity contribution in [3.8, 4) is 17.1 Å². The van der Waals surface area contributed by atoms with Crippen LogP contribution in [0.5, 0.6) is 5.75 Å². The number of ether oxygens (including phenoxy) is 2. The molecule has 8 nitrogen and oxygen atoms in total. The summed E-state index contributed by atoms with van der Waals surface area (Å²) >= 11 is 0. The largest absolute Gasteiger partial charge is 0.488 e. The summed E-state index contributed by atoms with van der Waals surface area (Å²) in [6.45, 7) is 8.56. The highest BCUT2D eigenvalue weighted by Gasteiger charge is 2.45. The third kappa shape index (κ3) is 3.93. The number of esters is 1. The minimum Gasteiger partial charge on any atom is -0.488 e. The number of carbonyl (C=O) groups excluding carboxylic acids is 1. The van der Waals surface area contributed by atoms with Crippen molar-refractivity contribution in [2.45, 2.75) is 64.9 Å². The van der Waals surface area contributed by atoms with Gasteiger partial charge in [0.05, 0.1) is 29.0 Å². The van der Waals surface area contributed by atoms with Gasteiger partial charge >= 0.3 is 5.97 Å². The predicted octanol–water partition coefficient (Wildman–Crippen LogP) is 4.95. The van der Waals surface area contributed by atoms with E-state index in [1.54, 1.807) is 17.6 Å². The lowest BCUT2D eigenvalue weighted by atomic mass is 9.86. The molecule has 0 saturated heterocycles. The number of hydrogen-bond acceptors (Lipinski definition) is 7. The molecule has 4 heterocycles. The van der Waals surface area contributed by atoms with Crippen LogP contribution in [-0.2, 0) is 40.3 Å². The summed E-state index contributed by atoms with van der Waals surface area (Å²) in [6, 6.07) is 15.5. The van der Waals surface area contributed by atoms with E-state index in [1.165, 1.54) is 11.8 Å². The number of nitrogens with one attached hydrogen (secondary N) is 1. The van der Waals surface area contributed by atoms with E-state index in [9.17, 15) is 14.7 Å². The number of benzene rings is 2. The van der Waals surface area contributed by atoms with Gasteiger partial charge in [-0.1, -0.05) is 58.0 Å². The Morgan fingerprint density at radius 3 is 2.55 bits per heavy atom. The average molecular weight is 538 g/mol. The number of aromatic nitrogens is 2. The first kappa shape index (κ1) is 26.0. The molecule has 40 heavy (non-hydrogen) atoms. The van der Waals surface area contributed by atoms with E-state index in [1.807, 2.05) is 18.2 Å². The molecular weight excluding hydrogens is 506 g/mol. The Kier molecular flexibility index (Phi) is 5.92. The number of aliphatic hydroxyl groups is 1. The van der Waals surface area contributed by atoms with Crippen molar-refractivity contribution in [3.63, 3.8) is 0 Å². The van der Waals surface area contributed by atoms with Gasteiger partial charge in [-0.05, 0) is 46.7 Å². The van der Waals surface area contributed by atoms with E-state index in [0.717, 1.165) is 16.5 Å². The molecule has 8 heteroatoms. The van der Waals surface area contributed by atoms with Crippen LogP contribution in [0.2, 0.25) is 0 Å². The summed E-state index contributed by atoms with van der Waals surface area (Å²) in [4.78, 5) is 31.1. The summed E-state index contributed by atoms with van der Waals surface area (Å²) in [5, 5.41) is 19.7. The highest BCUT2D eigenvalue weighted by Crippen LogP contribution is 2.43. The van der Waals surface area contributed by atoms with Crippen LogP contribution in [0.3, 0.4) is 0 Å². The second-order valence-electron chi connectivity index (χ2n) is 11.5. The molecule has 1 unspecified atom stereocenters. The zero-order chi connectivity index (χ0) is 28.4. The Morgan fingerprint density at radius 1 is 1.12 bits per heavy atom. The maximum Gasteiger partial charge on any atom is 0.343 e. The molecule has 0 aliphatic carbocycles. The summed E-state index contributed by atoms with van der Waals surface area (Å²) in [5.41, 5.74) is 3.83. The van der Waals surface area contributed by atoms with Crippen LogP contribution in [-0.4, -0.2) is 26.8 Å². The Labute approximate surface area is 231 Å². The Bertz CT molecular complexity index is 1770. The molecule has 6 rings (SSSR count). The highest BCUT2D eigenvalue weighted by atomic mass is 16.6. The topological polar surface area (TPSA) is 115 Å². The SMILES string of the molecule is CCC1(O)C(=O)OCc2c1cc1n(c2=O)Cc2c-1nc1ccc(C=N)cc1c2OCc1ccc(C(C)(C)C)cc1. The fraction of sp³-hybridized carbons (Fsp3) is 0.312. The number of cyclic esters (lactones) is 1. The second kappa shape index (κ2) is 9.13. The van der Waals surface area contributed by atoms with Crippen molar-refractivity contribution < 1.29 is 19.4 Å². The fourth-order valence-corrected chi connectivity index (χ4v) is 5.57. The fourth-order valence-electron chi connectivity index (χ4n) is 5.57. The first-order chi connectivity index (χ1) is 19.0. The molecule has 0 saturated carbocycles. The molecule has 2 aliphatic heterocycles. The van der Waals surface area contributed by atoms with E-state index in [2.05, 4.69) is 45.0 Å². The van der Waals surface area contributed by atoms with Crippen molar-refractivity contribution in [2.24, 2.45) is 0 Å². The molecule has 0 amide bonds. The van der Waals surface area contributed by atoms with Gasteiger partial charge < -0.3 is 24.6 Å². The Balaban J connectivity index is 1.49. The molecule has 4 aromatic rings. The lowest BCUT2D eigenvalue weighted by Crippen LogP contribution is -2.44. The highest BCUT2D eigenvalue weighted by molar-refractivity contribution is 5.95. The maximum absolute atomic E-state index is 13.6. The standard InChI is InChI=1S/C32H31N3O5/c1-5-32(38)24-13-26-27-22(15-35(26)29(36)23(24)17-40-30(32)37)28(21-12-19(14-33)8-11-25(21)34-27)39-16-18-6-9-20(10-7-18)31(2,3)4/h6-14,33,38H,5,15-17H2,1-4H3. The molecule has 0 radical (unpaired) electrons. The van der Waals surface area contributed by atoms with E-state index >= 15 is 0 Å². The lowest BCUT2D eigenvalue weighted by Gasteiger charge is -2.31. The molecule has 2 aliphatic rings. The van der Waals surface area contributed by atoms with E-state index in [0.29, 0.717) is 34.8 Å². The molecule has 0 bridgehead atoms. The van der Waals surface area contributed by atoms with Gasteiger partial charge in [0.2, 0.25) is 0 Å². The van der Waals surface area contributed by atoms with Gasteiger partial charge in [0.25, 0.3) is 5.56 Å². The van der Waals surface area contributed by atoms with Crippen LogP contribution in [0.1, 0.15) is 67.5 Å². The van der Waals surface area contributed by atoms with Crippen molar-refractivity contribution in [3.05, 3.63) is 92.3 Å². The number of fused-ring (bicyclic) bond motifs is 5. The number of pyridine rings is 2.